The predicted molar refractivity (Wildman–Crippen MR) is 74.6 cm³/mol. The first-order valence-corrected chi connectivity index (χ1v) is 6.88. The highest BCUT2D eigenvalue weighted by Gasteiger charge is 2.26. The number of hydrogen-bond acceptors (Lipinski definition) is 2. The maximum Gasteiger partial charge on any atom is 0.146 e. The summed E-state index contributed by atoms with van der Waals surface area (Å²) < 4.78 is 14.1. The molecule has 0 aromatic heterocycles. The van der Waals surface area contributed by atoms with Gasteiger partial charge in [0.25, 0.3) is 0 Å². The Kier molecular flexibility index (Phi) is 4.23. The van der Waals surface area contributed by atoms with Crippen molar-refractivity contribution in [3.05, 3.63) is 29.6 Å². The van der Waals surface area contributed by atoms with Gasteiger partial charge < -0.3 is 10.2 Å². The first kappa shape index (κ1) is 13.3. The Labute approximate surface area is 109 Å². The molecule has 1 heterocycles. The Hall–Kier alpha value is -1.09. The van der Waals surface area contributed by atoms with E-state index in [-0.39, 0.29) is 5.82 Å². The largest absolute Gasteiger partial charge is 0.364 e. The minimum atomic E-state index is -0.0981. The molecule has 1 fully saturated rings. The molecule has 1 aliphatic heterocycles. The minimum Gasteiger partial charge on any atom is -0.364 e. The van der Waals surface area contributed by atoms with E-state index in [0.29, 0.717) is 12.1 Å². The van der Waals surface area contributed by atoms with E-state index in [2.05, 4.69) is 24.1 Å². The van der Waals surface area contributed by atoms with Crippen molar-refractivity contribution in [2.45, 2.75) is 45.7 Å². The Bertz CT molecular complexity index is 405. The van der Waals surface area contributed by atoms with Gasteiger partial charge in [0.2, 0.25) is 0 Å². The van der Waals surface area contributed by atoms with Crippen molar-refractivity contribution >= 4 is 5.69 Å². The molecule has 2 atom stereocenters. The van der Waals surface area contributed by atoms with E-state index in [1.54, 1.807) is 6.07 Å². The zero-order valence-electron chi connectivity index (χ0n) is 11.5. The van der Waals surface area contributed by atoms with Crippen LogP contribution >= 0.6 is 0 Å². The van der Waals surface area contributed by atoms with Crippen molar-refractivity contribution in [3.8, 4) is 0 Å². The van der Waals surface area contributed by atoms with Crippen molar-refractivity contribution in [1.82, 2.24) is 5.32 Å². The van der Waals surface area contributed by atoms with Gasteiger partial charge in [-0.3, -0.25) is 0 Å². The number of nitrogens with one attached hydrogen (secondary N) is 1. The van der Waals surface area contributed by atoms with E-state index in [1.807, 2.05) is 19.1 Å². The van der Waals surface area contributed by atoms with Gasteiger partial charge in [0.05, 0.1) is 5.69 Å². The summed E-state index contributed by atoms with van der Waals surface area (Å²) in [6.07, 6.45) is 2.31. The van der Waals surface area contributed by atoms with Crippen LogP contribution in [-0.2, 0) is 0 Å². The lowest BCUT2D eigenvalue weighted by molar-refractivity contribution is 0.383. The molecule has 0 bridgehead atoms. The van der Waals surface area contributed by atoms with Gasteiger partial charge in [-0.2, -0.15) is 0 Å². The van der Waals surface area contributed by atoms with E-state index in [0.717, 1.165) is 37.2 Å². The van der Waals surface area contributed by atoms with Crippen LogP contribution in [0.15, 0.2) is 18.2 Å². The van der Waals surface area contributed by atoms with E-state index in [1.165, 1.54) is 0 Å². The molecule has 0 radical (unpaired) electrons. The maximum absolute atomic E-state index is 14.1. The third-order valence-electron chi connectivity index (χ3n) is 3.70. The molecular formula is C15H23FN2. The molecule has 1 N–H and O–H groups in total. The molecule has 0 aliphatic carbocycles. The van der Waals surface area contributed by atoms with Crippen LogP contribution in [0.5, 0.6) is 0 Å². The molecule has 1 aromatic rings. The van der Waals surface area contributed by atoms with Gasteiger partial charge in [-0.1, -0.05) is 19.4 Å². The second-order valence-electron chi connectivity index (χ2n) is 5.35. The van der Waals surface area contributed by atoms with Gasteiger partial charge in [0, 0.05) is 25.2 Å². The zero-order valence-corrected chi connectivity index (χ0v) is 11.5. The normalized spacial score (nSPS) is 24.3. The minimum absolute atomic E-state index is 0.0981. The molecular weight excluding hydrogens is 227 g/mol. The van der Waals surface area contributed by atoms with Gasteiger partial charge in [-0.25, -0.2) is 4.39 Å². The molecule has 2 unspecified atom stereocenters. The second-order valence-corrected chi connectivity index (χ2v) is 5.35. The van der Waals surface area contributed by atoms with Crippen molar-refractivity contribution < 1.29 is 4.39 Å². The average molecular weight is 250 g/mol. The number of halogens is 1. The van der Waals surface area contributed by atoms with Crippen molar-refractivity contribution in [2.24, 2.45) is 0 Å². The van der Waals surface area contributed by atoms with Crippen LogP contribution in [0.1, 0.15) is 32.3 Å². The topological polar surface area (TPSA) is 15.3 Å². The average Bonchev–Trinajstić information content (AvgIpc) is 2.33. The number of benzene rings is 1. The lowest BCUT2D eigenvalue weighted by Gasteiger charge is -2.40. The molecule has 1 aliphatic rings. The van der Waals surface area contributed by atoms with Crippen molar-refractivity contribution in [1.29, 1.82) is 0 Å². The number of hydrogen-bond donors (Lipinski definition) is 1. The van der Waals surface area contributed by atoms with Crippen molar-refractivity contribution in [3.63, 3.8) is 0 Å². The molecule has 100 valence electrons. The molecule has 1 aromatic carbocycles. The summed E-state index contributed by atoms with van der Waals surface area (Å²) in [5.41, 5.74) is 1.72. The number of piperazine rings is 1. The van der Waals surface area contributed by atoms with Crippen molar-refractivity contribution in [2.75, 3.05) is 18.0 Å². The van der Waals surface area contributed by atoms with E-state index < -0.39 is 0 Å². The van der Waals surface area contributed by atoms with Gasteiger partial charge in [-0.15, -0.1) is 0 Å². The van der Waals surface area contributed by atoms with Crippen LogP contribution in [0.25, 0.3) is 0 Å². The molecule has 18 heavy (non-hydrogen) atoms. The van der Waals surface area contributed by atoms with Crippen LogP contribution in [0, 0.1) is 12.7 Å². The van der Waals surface area contributed by atoms with Crippen LogP contribution in [-0.4, -0.2) is 25.2 Å². The molecule has 0 spiro atoms. The Morgan fingerprint density at radius 1 is 1.44 bits per heavy atom. The van der Waals surface area contributed by atoms with Gasteiger partial charge in [-0.05, 0) is 38.0 Å². The first-order valence-electron chi connectivity index (χ1n) is 6.88. The third-order valence-corrected chi connectivity index (χ3v) is 3.70. The van der Waals surface area contributed by atoms with Crippen LogP contribution < -0.4 is 10.2 Å². The lowest BCUT2D eigenvalue weighted by Crippen LogP contribution is -2.55. The molecule has 3 heteroatoms. The number of aryl methyl sites for hydroxylation is 1. The van der Waals surface area contributed by atoms with Crippen LogP contribution in [0.4, 0.5) is 10.1 Å². The summed E-state index contributed by atoms with van der Waals surface area (Å²) in [7, 11) is 0. The lowest BCUT2D eigenvalue weighted by atomic mass is 10.0. The van der Waals surface area contributed by atoms with E-state index in [4.69, 9.17) is 0 Å². The summed E-state index contributed by atoms with van der Waals surface area (Å²) in [5, 5.41) is 3.54. The highest BCUT2D eigenvalue weighted by Crippen LogP contribution is 2.24. The summed E-state index contributed by atoms with van der Waals surface area (Å²) >= 11 is 0. The molecule has 2 nitrogen and oxygen atoms in total. The van der Waals surface area contributed by atoms with E-state index >= 15 is 0 Å². The fourth-order valence-corrected chi connectivity index (χ4v) is 2.65. The maximum atomic E-state index is 14.1. The fraction of sp³-hybridized carbons (Fsp3) is 0.600. The highest BCUT2D eigenvalue weighted by atomic mass is 19.1. The zero-order chi connectivity index (χ0) is 13.1. The van der Waals surface area contributed by atoms with Gasteiger partial charge >= 0.3 is 0 Å². The van der Waals surface area contributed by atoms with Crippen LogP contribution in [0.3, 0.4) is 0 Å². The number of rotatable bonds is 3. The third kappa shape index (κ3) is 2.83. The summed E-state index contributed by atoms with van der Waals surface area (Å²) in [5.74, 6) is -0.0981. The molecule has 2 rings (SSSR count). The highest BCUT2D eigenvalue weighted by molar-refractivity contribution is 5.50. The molecule has 1 saturated heterocycles. The predicted octanol–water partition coefficient (Wildman–Crippen LogP) is 3.10. The second kappa shape index (κ2) is 5.70. The quantitative estimate of drug-likeness (QED) is 0.886. The van der Waals surface area contributed by atoms with Gasteiger partial charge in [0.15, 0.2) is 0 Å². The summed E-state index contributed by atoms with van der Waals surface area (Å²) in [6, 6.07) is 6.35. The molecule has 0 amide bonds. The summed E-state index contributed by atoms with van der Waals surface area (Å²) in [4.78, 5) is 2.20. The Balaban J connectivity index is 2.18. The fourth-order valence-electron chi connectivity index (χ4n) is 2.65. The number of anilines is 1. The van der Waals surface area contributed by atoms with Crippen LogP contribution in [0.2, 0.25) is 0 Å². The SMILES string of the molecule is CCCC1CN(c2ccc(C)cc2F)C(C)CN1. The molecule has 0 saturated carbocycles. The Morgan fingerprint density at radius 2 is 2.22 bits per heavy atom. The van der Waals surface area contributed by atoms with E-state index in [9.17, 15) is 4.39 Å². The first-order chi connectivity index (χ1) is 8.61. The summed E-state index contributed by atoms with van der Waals surface area (Å²) in [6.45, 7) is 8.09. The smallest absolute Gasteiger partial charge is 0.146 e. The van der Waals surface area contributed by atoms with Gasteiger partial charge in [0.1, 0.15) is 5.82 Å². The standard InChI is InChI=1S/C15H23FN2/c1-4-5-13-10-18(12(3)9-17-13)15-7-6-11(2)8-14(15)16/h6-8,12-13,17H,4-5,9-10H2,1-3H3. The monoisotopic (exact) mass is 250 g/mol. The number of nitrogens with zero attached hydrogens (tertiary/aromatic N) is 1. The Morgan fingerprint density at radius 3 is 2.89 bits per heavy atom.